The van der Waals surface area contributed by atoms with Crippen molar-refractivity contribution in [2.75, 3.05) is 18.2 Å². The average molecular weight is 440 g/mol. The summed E-state index contributed by atoms with van der Waals surface area (Å²) in [6.45, 7) is 2.27. The van der Waals surface area contributed by atoms with Crippen LogP contribution in [-0.2, 0) is 22.4 Å². The SMILES string of the molecule is CCOC(=O)[C@H]1CCc2c(sc3ncnc(Nc4cc5cn[nH]c5cc4SC)c23)C1. The molecule has 0 amide bonds. The zero-order valence-corrected chi connectivity index (χ0v) is 18.3. The molecule has 5 rings (SSSR count). The molecule has 1 aromatic carbocycles. The Hall–Kier alpha value is -2.65. The van der Waals surface area contributed by atoms with Gasteiger partial charge in [0.1, 0.15) is 17.0 Å². The molecular formula is C21H21N5O2S2. The van der Waals surface area contributed by atoms with Gasteiger partial charge >= 0.3 is 5.97 Å². The molecule has 0 aliphatic heterocycles. The minimum atomic E-state index is -0.0944. The fourth-order valence-electron chi connectivity index (χ4n) is 4.03. The van der Waals surface area contributed by atoms with Gasteiger partial charge in [0.05, 0.1) is 35.3 Å². The molecular weight excluding hydrogens is 418 g/mol. The number of nitrogens with zero attached hydrogens (tertiary/aromatic N) is 3. The maximum atomic E-state index is 12.2. The minimum Gasteiger partial charge on any atom is -0.466 e. The number of H-pyrrole nitrogens is 1. The molecule has 9 heteroatoms. The molecule has 30 heavy (non-hydrogen) atoms. The lowest BCUT2D eigenvalue weighted by atomic mass is 9.88. The third-order valence-corrected chi connectivity index (χ3v) is 7.42. The normalized spacial score (nSPS) is 16.0. The second kappa shape index (κ2) is 7.88. The summed E-state index contributed by atoms with van der Waals surface area (Å²) in [5.41, 5.74) is 3.26. The number of fused-ring (bicyclic) bond motifs is 4. The van der Waals surface area contributed by atoms with Crippen LogP contribution in [0.15, 0.2) is 29.6 Å². The molecule has 1 aliphatic carbocycles. The van der Waals surface area contributed by atoms with Crippen molar-refractivity contribution in [3.8, 4) is 0 Å². The molecule has 2 N–H and O–H groups in total. The van der Waals surface area contributed by atoms with Crippen molar-refractivity contribution in [1.82, 2.24) is 20.2 Å². The van der Waals surface area contributed by atoms with Gasteiger partial charge in [-0.2, -0.15) is 5.10 Å². The largest absolute Gasteiger partial charge is 0.466 e. The van der Waals surface area contributed by atoms with Crippen molar-refractivity contribution in [2.24, 2.45) is 5.92 Å². The zero-order valence-electron chi connectivity index (χ0n) is 16.7. The predicted molar refractivity (Wildman–Crippen MR) is 121 cm³/mol. The lowest BCUT2D eigenvalue weighted by Gasteiger charge is -2.20. The molecule has 0 unspecified atom stereocenters. The van der Waals surface area contributed by atoms with Crippen LogP contribution in [0.3, 0.4) is 0 Å². The number of ether oxygens (including phenoxy) is 1. The standard InChI is InChI=1S/C21H21N5O2S2/c1-3-28-21(27)11-4-5-13-16(7-11)30-20-18(13)19(22-10-23-20)25-15-6-12-9-24-26-14(12)8-17(15)29-2/h6,8-11H,3-5,7H2,1-2H3,(H,24,26)(H,22,23,25)/t11-/m0/s1. The van der Waals surface area contributed by atoms with E-state index in [9.17, 15) is 4.79 Å². The summed E-state index contributed by atoms with van der Waals surface area (Å²) >= 11 is 3.33. The van der Waals surface area contributed by atoms with Gasteiger partial charge in [-0.25, -0.2) is 9.97 Å². The highest BCUT2D eigenvalue weighted by Gasteiger charge is 2.30. The van der Waals surface area contributed by atoms with E-state index >= 15 is 0 Å². The number of thiophene rings is 1. The fourth-order valence-corrected chi connectivity index (χ4v) is 5.86. The Morgan fingerprint density at radius 2 is 2.30 bits per heavy atom. The summed E-state index contributed by atoms with van der Waals surface area (Å²) in [7, 11) is 0. The van der Waals surface area contributed by atoms with Crippen LogP contribution in [-0.4, -0.2) is 39.0 Å². The molecule has 3 aromatic heterocycles. The molecule has 0 bridgehead atoms. The predicted octanol–water partition coefficient (Wildman–Crippen LogP) is 4.70. The van der Waals surface area contributed by atoms with E-state index in [-0.39, 0.29) is 11.9 Å². The number of rotatable bonds is 5. The van der Waals surface area contributed by atoms with Gasteiger partial charge in [0, 0.05) is 15.2 Å². The van der Waals surface area contributed by atoms with Gasteiger partial charge in [-0.1, -0.05) is 0 Å². The first-order chi connectivity index (χ1) is 14.7. The highest BCUT2D eigenvalue weighted by Crippen LogP contribution is 2.41. The Kier molecular flexibility index (Phi) is 5.08. The van der Waals surface area contributed by atoms with Crippen LogP contribution >= 0.6 is 23.1 Å². The van der Waals surface area contributed by atoms with Crippen LogP contribution in [0.2, 0.25) is 0 Å². The van der Waals surface area contributed by atoms with Gasteiger partial charge < -0.3 is 10.1 Å². The van der Waals surface area contributed by atoms with E-state index in [0.717, 1.165) is 50.4 Å². The van der Waals surface area contributed by atoms with Gasteiger partial charge in [-0.15, -0.1) is 23.1 Å². The van der Waals surface area contributed by atoms with Crippen molar-refractivity contribution in [1.29, 1.82) is 0 Å². The molecule has 0 radical (unpaired) electrons. The Balaban J connectivity index is 1.53. The number of thioether (sulfide) groups is 1. The summed E-state index contributed by atoms with van der Waals surface area (Å²) in [6.07, 6.45) is 7.82. The second-order valence-electron chi connectivity index (χ2n) is 7.23. The second-order valence-corrected chi connectivity index (χ2v) is 9.16. The first-order valence-corrected chi connectivity index (χ1v) is 11.9. The lowest BCUT2D eigenvalue weighted by Crippen LogP contribution is -2.23. The summed E-state index contributed by atoms with van der Waals surface area (Å²) in [5, 5.41) is 12.8. The molecule has 0 saturated carbocycles. The molecule has 0 spiro atoms. The van der Waals surface area contributed by atoms with Gasteiger partial charge in [-0.3, -0.25) is 9.89 Å². The summed E-state index contributed by atoms with van der Waals surface area (Å²) in [5.74, 6) is 0.648. The number of aryl methyl sites for hydroxylation is 1. The van der Waals surface area contributed by atoms with E-state index in [4.69, 9.17) is 4.74 Å². The van der Waals surface area contributed by atoms with Gasteiger partial charge in [0.15, 0.2) is 0 Å². The van der Waals surface area contributed by atoms with E-state index in [1.54, 1.807) is 29.4 Å². The van der Waals surface area contributed by atoms with Gasteiger partial charge in [0.25, 0.3) is 0 Å². The fraction of sp³-hybridized carbons (Fsp3) is 0.333. The number of aromatic nitrogens is 4. The maximum absolute atomic E-state index is 12.2. The van der Waals surface area contributed by atoms with E-state index in [1.165, 1.54) is 10.4 Å². The third kappa shape index (κ3) is 3.31. The van der Waals surface area contributed by atoms with Gasteiger partial charge in [0.2, 0.25) is 0 Å². The highest BCUT2D eigenvalue weighted by atomic mass is 32.2. The lowest BCUT2D eigenvalue weighted by molar-refractivity contribution is -0.148. The minimum absolute atomic E-state index is 0.0681. The number of esters is 1. The molecule has 154 valence electrons. The number of aromatic amines is 1. The number of hydrogen-bond donors (Lipinski definition) is 2. The van der Waals surface area contributed by atoms with E-state index in [0.29, 0.717) is 13.0 Å². The van der Waals surface area contributed by atoms with Crippen molar-refractivity contribution >= 4 is 61.7 Å². The summed E-state index contributed by atoms with van der Waals surface area (Å²) < 4.78 is 5.24. The number of carbonyl (C=O) groups excluding carboxylic acids is 1. The third-order valence-electron chi connectivity index (χ3n) is 5.48. The maximum Gasteiger partial charge on any atom is 0.309 e. The zero-order chi connectivity index (χ0) is 20.7. The van der Waals surface area contributed by atoms with Crippen LogP contribution in [0.25, 0.3) is 21.1 Å². The Bertz CT molecular complexity index is 1250. The van der Waals surface area contributed by atoms with Crippen LogP contribution in [0.4, 0.5) is 11.5 Å². The highest BCUT2D eigenvalue weighted by molar-refractivity contribution is 7.98. The van der Waals surface area contributed by atoms with E-state index in [1.807, 2.05) is 13.1 Å². The van der Waals surface area contributed by atoms with Crippen LogP contribution in [0, 0.1) is 5.92 Å². The Morgan fingerprint density at radius 1 is 1.40 bits per heavy atom. The number of nitrogens with one attached hydrogen (secondary N) is 2. The topological polar surface area (TPSA) is 92.8 Å². The first-order valence-electron chi connectivity index (χ1n) is 9.88. The van der Waals surface area contributed by atoms with Crippen molar-refractivity contribution < 1.29 is 9.53 Å². The molecule has 3 heterocycles. The Labute approximate surface area is 181 Å². The number of anilines is 2. The van der Waals surface area contributed by atoms with Gasteiger partial charge in [-0.05, 0) is 50.1 Å². The molecule has 4 aromatic rings. The van der Waals surface area contributed by atoms with Crippen molar-refractivity contribution in [3.63, 3.8) is 0 Å². The van der Waals surface area contributed by atoms with Crippen LogP contribution < -0.4 is 5.32 Å². The number of hydrogen-bond acceptors (Lipinski definition) is 8. The molecule has 7 nitrogen and oxygen atoms in total. The van der Waals surface area contributed by atoms with Crippen LogP contribution in [0.5, 0.6) is 0 Å². The van der Waals surface area contributed by atoms with Crippen molar-refractivity contribution in [2.45, 2.75) is 31.1 Å². The molecule has 1 aliphatic rings. The molecule has 1 atom stereocenters. The van der Waals surface area contributed by atoms with E-state index in [2.05, 4.69) is 43.9 Å². The smallest absolute Gasteiger partial charge is 0.309 e. The van der Waals surface area contributed by atoms with Crippen molar-refractivity contribution in [3.05, 3.63) is 35.1 Å². The first kappa shape index (κ1) is 19.3. The molecule has 0 saturated heterocycles. The summed E-state index contributed by atoms with van der Waals surface area (Å²) in [6, 6.07) is 4.19. The summed E-state index contributed by atoms with van der Waals surface area (Å²) in [4.78, 5) is 24.6. The number of carbonyl (C=O) groups is 1. The quantitative estimate of drug-likeness (QED) is 0.344. The van der Waals surface area contributed by atoms with Crippen LogP contribution in [0.1, 0.15) is 23.8 Å². The Morgan fingerprint density at radius 3 is 3.13 bits per heavy atom. The monoisotopic (exact) mass is 439 g/mol. The van der Waals surface area contributed by atoms with E-state index < -0.39 is 0 Å². The number of benzene rings is 1. The average Bonchev–Trinajstić information content (AvgIpc) is 3.36. The molecule has 0 fully saturated rings.